The van der Waals surface area contributed by atoms with Crippen LogP contribution in [0.15, 0.2) is 46.9 Å². The number of hydrogen-bond donors (Lipinski definition) is 2. The van der Waals surface area contributed by atoms with Crippen LogP contribution in [0.4, 0.5) is 5.95 Å². The highest BCUT2D eigenvalue weighted by Crippen LogP contribution is 2.27. The first-order chi connectivity index (χ1) is 11.6. The molecule has 124 valence electrons. The number of benzene rings is 2. The average Bonchev–Trinajstić information content (AvgIpc) is 2.99. The molecule has 0 saturated heterocycles. The molecule has 3 N–H and O–H groups in total. The van der Waals surface area contributed by atoms with Crippen LogP contribution in [0.25, 0.3) is 0 Å². The first-order valence-electron chi connectivity index (χ1n) is 7.05. The number of rotatable bonds is 6. The number of tetrazole rings is 1. The topological polar surface area (TPSA) is 90.9 Å². The number of halogens is 2. The summed E-state index contributed by atoms with van der Waals surface area (Å²) in [7, 11) is 0. The second-order valence-corrected chi connectivity index (χ2v) is 6.25. The zero-order chi connectivity index (χ0) is 16.9. The lowest BCUT2D eigenvalue weighted by Crippen LogP contribution is -2.18. The molecule has 0 spiro atoms. The van der Waals surface area contributed by atoms with E-state index in [1.54, 1.807) is 0 Å². The van der Waals surface area contributed by atoms with E-state index in [1.165, 1.54) is 4.79 Å². The van der Waals surface area contributed by atoms with Crippen molar-refractivity contribution in [1.29, 1.82) is 0 Å². The minimum atomic E-state index is 0.206. The third-order valence-electron chi connectivity index (χ3n) is 3.23. The summed E-state index contributed by atoms with van der Waals surface area (Å²) in [6.45, 7) is 0.986. The summed E-state index contributed by atoms with van der Waals surface area (Å²) in [5.74, 6) is 0.965. The van der Waals surface area contributed by atoms with Crippen molar-refractivity contribution in [1.82, 2.24) is 20.3 Å². The summed E-state index contributed by atoms with van der Waals surface area (Å²) in [6.07, 6.45) is 0. The van der Waals surface area contributed by atoms with Gasteiger partial charge in [-0.3, -0.25) is 0 Å². The zero-order valence-corrected chi connectivity index (χ0v) is 14.8. The van der Waals surface area contributed by atoms with E-state index in [0.29, 0.717) is 18.2 Å². The second kappa shape index (κ2) is 7.50. The van der Waals surface area contributed by atoms with Crippen molar-refractivity contribution in [3.05, 3.63) is 63.1 Å². The predicted molar refractivity (Wildman–Crippen MR) is 95.2 cm³/mol. The predicted octanol–water partition coefficient (Wildman–Crippen LogP) is 2.99. The Bertz CT molecular complexity index is 823. The maximum atomic E-state index is 5.87. The van der Waals surface area contributed by atoms with Gasteiger partial charge in [0.05, 0.1) is 11.0 Å². The summed E-state index contributed by atoms with van der Waals surface area (Å²) in [5, 5.41) is 11.5. The second-order valence-electron chi connectivity index (χ2n) is 4.96. The third kappa shape index (κ3) is 4.15. The van der Waals surface area contributed by atoms with E-state index in [1.807, 2.05) is 42.5 Å². The number of ether oxygens (including phenoxy) is 1. The molecule has 0 fully saturated rings. The number of nitrogens with zero attached hydrogens (tertiary/aromatic N) is 4. The van der Waals surface area contributed by atoms with Gasteiger partial charge in [0, 0.05) is 5.02 Å². The fourth-order valence-electron chi connectivity index (χ4n) is 1.99. The van der Waals surface area contributed by atoms with Crippen molar-refractivity contribution in [2.75, 3.05) is 11.2 Å². The molecule has 3 rings (SSSR count). The summed E-state index contributed by atoms with van der Waals surface area (Å²) in [5.41, 5.74) is 10.7. The van der Waals surface area contributed by atoms with Gasteiger partial charge in [-0.25, -0.2) is 0 Å². The van der Waals surface area contributed by atoms with Gasteiger partial charge in [-0.1, -0.05) is 34.9 Å². The highest BCUT2D eigenvalue weighted by atomic mass is 79.9. The van der Waals surface area contributed by atoms with Crippen molar-refractivity contribution >= 4 is 33.5 Å². The quantitative estimate of drug-likeness (QED) is 0.650. The maximum absolute atomic E-state index is 5.87. The van der Waals surface area contributed by atoms with Gasteiger partial charge >= 0.3 is 0 Å². The molecule has 3 aromatic rings. The summed E-state index contributed by atoms with van der Waals surface area (Å²) in [6, 6.07) is 13.4. The van der Waals surface area contributed by atoms with E-state index in [4.69, 9.17) is 22.1 Å². The van der Waals surface area contributed by atoms with Crippen LogP contribution in [-0.4, -0.2) is 20.3 Å². The zero-order valence-electron chi connectivity index (χ0n) is 12.5. The van der Waals surface area contributed by atoms with Crippen molar-refractivity contribution in [2.45, 2.75) is 13.2 Å². The Balaban J connectivity index is 1.59. The van der Waals surface area contributed by atoms with Gasteiger partial charge in [0.15, 0.2) is 0 Å². The van der Waals surface area contributed by atoms with Gasteiger partial charge in [-0.2, -0.15) is 0 Å². The van der Waals surface area contributed by atoms with Crippen LogP contribution in [0.5, 0.6) is 5.75 Å². The van der Waals surface area contributed by atoms with Gasteiger partial charge < -0.3 is 15.9 Å². The molecule has 0 radical (unpaired) electrons. The third-order valence-corrected chi connectivity index (χ3v) is 4.10. The Kier molecular flexibility index (Phi) is 5.17. The first kappa shape index (κ1) is 16.5. The van der Waals surface area contributed by atoms with Gasteiger partial charge in [-0.05, 0) is 61.7 Å². The van der Waals surface area contributed by atoms with Gasteiger partial charge in [0.2, 0.25) is 0 Å². The standard InChI is InChI=1S/C15H14BrClN6O/c16-13-7-11(8-19-23-15(18)20-21-22-23)3-6-14(13)24-9-10-1-4-12(17)5-2-10/h1-7,19H,8-9H2,(H2,18,20,22). The molecule has 0 bridgehead atoms. The minimum Gasteiger partial charge on any atom is -0.488 e. The Morgan fingerprint density at radius 2 is 1.92 bits per heavy atom. The molecule has 7 nitrogen and oxygen atoms in total. The van der Waals surface area contributed by atoms with Crippen LogP contribution in [0.2, 0.25) is 5.02 Å². The lowest BCUT2D eigenvalue weighted by Gasteiger charge is -2.11. The van der Waals surface area contributed by atoms with Crippen LogP contribution in [0.3, 0.4) is 0 Å². The molecule has 0 aliphatic rings. The van der Waals surface area contributed by atoms with E-state index in [-0.39, 0.29) is 5.95 Å². The van der Waals surface area contributed by atoms with Crippen LogP contribution in [0.1, 0.15) is 11.1 Å². The van der Waals surface area contributed by atoms with Crippen molar-refractivity contribution in [3.63, 3.8) is 0 Å². The van der Waals surface area contributed by atoms with Crippen molar-refractivity contribution in [3.8, 4) is 5.75 Å². The van der Waals surface area contributed by atoms with E-state index < -0.39 is 0 Å². The highest BCUT2D eigenvalue weighted by molar-refractivity contribution is 9.10. The Hall–Kier alpha value is -2.32. The normalized spacial score (nSPS) is 10.6. The number of nitrogens with two attached hydrogens (primary N) is 1. The number of aromatic nitrogens is 4. The van der Waals surface area contributed by atoms with Gasteiger partial charge in [-0.15, -0.1) is 4.79 Å². The van der Waals surface area contributed by atoms with E-state index in [0.717, 1.165) is 21.3 Å². The molecule has 1 aromatic heterocycles. The molecular weight excluding hydrogens is 396 g/mol. The molecule has 0 saturated carbocycles. The summed E-state index contributed by atoms with van der Waals surface area (Å²) < 4.78 is 6.68. The lowest BCUT2D eigenvalue weighted by atomic mass is 10.2. The van der Waals surface area contributed by atoms with Crippen LogP contribution >= 0.6 is 27.5 Å². The molecule has 24 heavy (non-hydrogen) atoms. The van der Waals surface area contributed by atoms with Gasteiger partial charge in [0.1, 0.15) is 12.4 Å². The molecule has 9 heteroatoms. The SMILES string of the molecule is Nc1nnnn1NCc1ccc(OCc2ccc(Cl)cc2)c(Br)c1. The Morgan fingerprint density at radius 1 is 1.17 bits per heavy atom. The largest absolute Gasteiger partial charge is 0.488 e. The maximum Gasteiger partial charge on any atom is 0.260 e. The lowest BCUT2D eigenvalue weighted by molar-refractivity contribution is 0.304. The van der Waals surface area contributed by atoms with Crippen molar-refractivity contribution < 1.29 is 4.74 Å². The average molecular weight is 410 g/mol. The number of nitrogen functional groups attached to an aromatic ring is 1. The van der Waals surface area contributed by atoms with E-state index in [9.17, 15) is 0 Å². The number of anilines is 1. The van der Waals surface area contributed by atoms with E-state index in [2.05, 4.69) is 36.9 Å². The fourth-order valence-corrected chi connectivity index (χ4v) is 2.65. The molecule has 0 aliphatic carbocycles. The highest BCUT2D eigenvalue weighted by Gasteiger charge is 2.05. The minimum absolute atomic E-state index is 0.206. The fraction of sp³-hybridized carbons (Fsp3) is 0.133. The van der Waals surface area contributed by atoms with Crippen molar-refractivity contribution in [2.24, 2.45) is 0 Å². The molecule has 0 amide bonds. The first-order valence-corrected chi connectivity index (χ1v) is 8.22. The molecule has 2 aromatic carbocycles. The molecular formula is C15H14BrClN6O. The molecule has 0 atom stereocenters. The summed E-state index contributed by atoms with van der Waals surface area (Å²) >= 11 is 9.39. The van der Waals surface area contributed by atoms with Gasteiger partial charge in [0.25, 0.3) is 5.95 Å². The molecule has 0 unspecified atom stereocenters. The smallest absolute Gasteiger partial charge is 0.260 e. The number of nitrogens with one attached hydrogen (secondary N) is 1. The summed E-state index contributed by atoms with van der Waals surface area (Å²) in [4.78, 5) is 1.32. The molecule has 1 heterocycles. The Morgan fingerprint density at radius 3 is 2.58 bits per heavy atom. The van der Waals surface area contributed by atoms with E-state index >= 15 is 0 Å². The monoisotopic (exact) mass is 408 g/mol. The van der Waals surface area contributed by atoms with Crippen LogP contribution < -0.4 is 15.9 Å². The van der Waals surface area contributed by atoms with Crippen LogP contribution in [-0.2, 0) is 13.2 Å². The van der Waals surface area contributed by atoms with Crippen LogP contribution in [0, 0.1) is 0 Å². The number of hydrogen-bond acceptors (Lipinski definition) is 6. The Labute approximate surface area is 151 Å². The molecule has 0 aliphatic heterocycles.